The summed E-state index contributed by atoms with van der Waals surface area (Å²) in [5.74, 6) is 0. The van der Waals surface area contributed by atoms with Crippen LogP contribution >= 0.6 is 11.3 Å². The Morgan fingerprint density at radius 2 is 2.36 bits per heavy atom. The van der Waals surface area contributed by atoms with Crippen LogP contribution in [-0.2, 0) is 6.42 Å². The number of rotatable bonds is 6. The highest BCUT2D eigenvalue weighted by Crippen LogP contribution is 2.19. The second-order valence-corrected chi connectivity index (χ2v) is 4.99. The molecule has 0 aromatic carbocycles. The highest BCUT2D eigenvalue weighted by atomic mass is 32.1. The van der Waals surface area contributed by atoms with Crippen LogP contribution in [0.2, 0.25) is 0 Å². The first-order chi connectivity index (χ1) is 6.86. The number of hydrogen-bond acceptors (Lipinski definition) is 3. The molecular formula is C11H18N2S. The molecule has 1 N–H and O–H groups in total. The topological polar surface area (TPSA) is 24.9 Å². The summed E-state index contributed by atoms with van der Waals surface area (Å²) in [6.45, 7) is 3.30. The van der Waals surface area contributed by atoms with E-state index in [4.69, 9.17) is 0 Å². The molecule has 2 rings (SSSR count). The van der Waals surface area contributed by atoms with Crippen LogP contribution in [0.25, 0.3) is 0 Å². The van der Waals surface area contributed by atoms with Crippen LogP contribution in [0.1, 0.15) is 36.3 Å². The maximum Gasteiger partial charge on any atom is 0.0797 e. The number of hydrogen-bond donors (Lipinski definition) is 1. The average molecular weight is 210 g/mol. The monoisotopic (exact) mass is 210 g/mol. The van der Waals surface area contributed by atoms with E-state index in [0.717, 1.165) is 6.04 Å². The lowest BCUT2D eigenvalue weighted by molar-refractivity contribution is 0.621. The van der Waals surface area contributed by atoms with Crippen molar-refractivity contribution in [3.63, 3.8) is 0 Å². The molecule has 1 heterocycles. The van der Waals surface area contributed by atoms with Gasteiger partial charge in [0.25, 0.3) is 0 Å². The lowest BCUT2D eigenvalue weighted by Crippen LogP contribution is -2.17. The SMILES string of the molecule is Cc1ncsc1CCCCNC1CC1. The number of nitrogens with zero attached hydrogens (tertiary/aromatic N) is 1. The van der Waals surface area contributed by atoms with Gasteiger partial charge in [-0.1, -0.05) is 0 Å². The first kappa shape index (κ1) is 10.1. The van der Waals surface area contributed by atoms with Crippen LogP contribution in [0, 0.1) is 6.92 Å². The van der Waals surface area contributed by atoms with Crippen molar-refractivity contribution in [1.29, 1.82) is 0 Å². The molecule has 1 aliphatic rings. The summed E-state index contributed by atoms with van der Waals surface area (Å²) in [7, 11) is 0. The maximum absolute atomic E-state index is 4.26. The summed E-state index contributed by atoms with van der Waals surface area (Å²) in [4.78, 5) is 5.73. The van der Waals surface area contributed by atoms with Crippen LogP contribution in [0.4, 0.5) is 0 Å². The fourth-order valence-electron chi connectivity index (χ4n) is 1.57. The van der Waals surface area contributed by atoms with Crippen LogP contribution in [-0.4, -0.2) is 17.6 Å². The Labute approximate surface area is 89.8 Å². The molecule has 78 valence electrons. The van der Waals surface area contributed by atoms with E-state index < -0.39 is 0 Å². The standard InChI is InChI=1S/C11H18N2S/c1-9-11(14-8-13-9)4-2-3-7-12-10-5-6-10/h8,10,12H,2-7H2,1H3. The molecule has 0 unspecified atom stereocenters. The van der Waals surface area contributed by atoms with Crippen molar-refractivity contribution in [2.45, 2.75) is 45.1 Å². The van der Waals surface area contributed by atoms with E-state index in [9.17, 15) is 0 Å². The molecule has 1 saturated carbocycles. The Morgan fingerprint density at radius 3 is 3.00 bits per heavy atom. The molecule has 1 aromatic heterocycles. The maximum atomic E-state index is 4.26. The molecule has 2 nitrogen and oxygen atoms in total. The van der Waals surface area contributed by atoms with Crippen molar-refractivity contribution in [3.05, 3.63) is 16.1 Å². The number of nitrogens with one attached hydrogen (secondary N) is 1. The normalized spacial score (nSPS) is 16.1. The van der Waals surface area contributed by atoms with Gasteiger partial charge in [-0.05, 0) is 45.6 Å². The number of aryl methyl sites for hydroxylation is 2. The highest BCUT2D eigenvalue weighted by molar-refractivity contribution is 7.09. The lowest BCUT2D eigenvalue weighted by atomic mass is 10.2. The summed E-state index contributed by atoms with van der Waals surface area (Å²) in [5.41, 5.74) is 3.18. The van der Waals surface area contributed by atoms with E-state index in [1.165, 1.54) is 49.2 Å². The van der Waals surface area contributed by atoms with E-state index in [1.807, 2.05) is 5.51 Å². The van der Waals surface area contributed by atoms with Crippen molar-refractivity contribution < 1.29 is 0 Å². The molecule has 0 spiro atoms. The molecule has 0 bridgehead atoms. The summed E-state index contributed by atoms with van der Waals surface area (Å²) < 4.78 is 0. The molecule has 1 fully saturated rings. The molecule has 0 aliphatic heterocycles. The van der Waals surface area contributed by atoms with Crippen LogP contribution in [0.5, 0.6) is 0 Å². The molecule has 14 heavy (non-hydrogen) atoms. The average Bonchev–Trinajstić information content (AvgIpc) is 2.91. The molecule has 0 atom stereocenters. The van der Waals surface area contributed by atoms with E-state index in [1.54, 1.807) is 11.3 Å². The minimum atomic E-state index is 0.861. The Morgan fingerprint density at radius 1 is 1.50 bits per heavy atom. The van der Waals surface area contributed by atoms with Crippen molar-refractivity contribution in [3.8, 4) is 0 Å². The van der Waals surface area contributed by atoms with Crippen LogP contribution in [0.3, 0.4) is 0 Å². The largest absolute Gasteiger partial charge is 0.314 e. The van der Waals surface area contributed by atoms with Gasteiger partial charge >= 0.3 is 0 Å². The van der Waals surface area contributed by atoms with Crippen molar-refractivity contribution in [1.82, 2.24) is 10.3 Å². The molecule has 1 aromatic rings. The van der Waals surface area contributed by atoms with Gasteiger partial charge in [0, 0.05) is 10.9 Å². The van der Waals surface area contributed by atoms with Crippen molar-refractivity contribution in [2.75, 3.05) is 6.54 Å². The summed E-state index contributed by atoms with van der Waals surface area (Å²) >= 11 is 1.79. The number of unbranched alkanes of at least 4 members (excludes halogenated alkanes) is 1. The number of aromatic nitrogens is 1. The van der Waals surface area contributed by atoms with E-state index >= 15 is 0 Å². The van der Waals surface area contributed by atoms with Crippen molar-refractivity contribution >= 4 is 11.3 Å². The second kappa shape index (κ2) is 4.89. The highest BCUT2D eigenvalue weighted by Gasteiger charge is 2.19. The second-order valence-electron chi connectivity index (χ2n) is 4.05. The Balaban J connectivity index is 1.56. The van der Waals surface area contributed by atoms with Gasteiger partial charge in [0.1, 0.15) is 0 Å². The lowest BCUT2D eigenvalue weighted by Gasteiger charge is -2.01. The van der Waals surface area contributed by atoms with Gasteiger partial charge in [-0.3, -0.25) is 0 Å². The van der Waals surface area contributed by atoms with E-state index in [-0.39, 0.29) is 0 Å². The molecule has 0 radical (unpaired) electrons. The predicted molar refractivity (Wildman–Crippen MR) is 60.8 cm³/mol. The fraction of sp³-hybridized carbons (Fsp3) is 0.727. The zero-order valence-corrected chi connectivity index (χ0v) is 9.57. The van der Waals surface area contributed by atoms with Crippen LogP contribution in [0.15, 0.2) is 5.51 Å². The Hall–Kier alpha value is -0.410. The zero-order chi connectivity index (χ0) is 9.80. The van der Waals surface area contributed by atoms with Gasteiger partial charge in [-0.2, -0.15) is 0 Å². The van der Waals surface area contributed by atoms with Gasteiger partial charge in [0.15, 0.2) is 0 Å². The first-order valence-corrected chi connectivity index (χ1v) is 6.36. The molecule has 0 amide bonds. The van der Waals surface area contributed by atoms with E-state index in [2.05, 4.69) is 17.2 Å². The van der Waals surface area contributed by atoms with Gasteiger partial charge in [-0.25, -0.2) is 4.98 Å². The van der Waals surface area contributed by atoms with Crippen LogP contribution < -0.4 is 5.32 Å². The van der Waals surface area contributed by atoms with Gasteiger partial charge < -0.3 is 5.32 Å². The van der Waals surface area contributed by atoms with Gasteiger partial charge in [0.2, 0.25) is 0 Å². The molecule has 3 heteroatoms. The minimum Gasteiger partial charge on any atom is -0.314 e. The van der Waals surface area contributed by atoms with E-state index in [0.29, 0.717) is 0 Å². The Kier molecular flexibility index (Phi) is 3.54. The quantitative estimate of drug-likeness (QED) is 0.730. The van der Waals surface area contributed by atoms with Crippen molar-refractivity contribution in [2.24, 2.45) is 0 Å². The minimum absolute atomic E-state index is 0.861. The molecular weight excluding hydrogens is 192 g/mol. The third-order valence-corrected chi connectivity index (χ3v) is 3.68. The third-order valence-electron chi connectivity index (χ3n) is 2.69. The Bertz CT molecular complexity index is 279. The molecule has 1 aliphatic carbocycles. The van der Waals surface area contributed by atoms with Gasteiger partial charge in [-0.15, -0.1) is 11.3 Å². The summed E-state index contributed by atoms with van der Waals surface area (Å²) in [5, 5.41) is 3.54. The smallest absolute Gasteiger partial charge is 0.0797 e. The zero-order valence-electron chi connectivity index (χ0n) is 8.75. The fourth-order valence-corrected chi connectivity index (χ4v) is 2.39. The summed E-state index contributed by atoms with van der Waals surface area (Å²) in [6.07, 6.45) is 6.60. The molecule has 0 saturated heterocycles. The summed E-state index contributed by atoms with van der Waals surface area (Å²) in [6, 6.07) is 0.861. The third kappa shape index (κ3) is 3.07. The van der Waals surface area contributed by atoms with Gasteiger partial charge in [0.05, 0.1) is 11.2 Å². The first-order valence-electron chi connectivity index (χ1n) is 5.48. The number of thiazole rings is 1. The predicted octanol–water partition coefficient (Wildman–Crippen LogP) is 2.53.